The van der Waals surface area contributed by atoms with E-state index >= 15 is 0 Å². The normalized spacial score (nSPS) is 21.2. The van der Waals surface area contributed by atoms with Crippen LogP contribution >= 0.6 is 35.3 Å². The van der Waals surface area contributed by atoms with E-state index in [2.05, 4.69) is 4.98 Å². The molecule has 0 spiro atoms. The summed E-state index contributed by atoms with van der Waals surface area (Å²) >= 11 is 7.85. The van der Waals surface area contributed by atoms with Crippen molar-refractivity contribution in [3.05, 3.63) is 28.9 Å². The fourth-order valence-corrected chi connectivity index (χ4v) is 3.27. The van der Waals surface area contributed by atoms with E-state index in [0.29, 0.717) is 10.6 Å². The SMILES string of the molecule is O=C(O)C1=CC(=S)S[C@@H]2CC(=O)N12.c1cscn1. The zero-order valence-electron chi connectivity index (χ0n) is 8.98. The van der Waals surface area contributed by atoms with Gasteiger partial charge in [-0.25, -0.2) is 4.79 Å². The first-order valence-electron chi connectivity index (χ1n) is 4.89. The summed E-state index contributed by atoms with van der Waals surface area (Å²) in [7, 11) is 0. The van der Waals surface area contributed by atoms with Gasteiger partial charge in [0, 0.05) is 11.6 Å². The van der Waals surface area contributed by atoms with Crippen molar-refractivity contribution in [2.45, 2.75) is 11.8 Å². The zero-order chi connectivity index (χ0) is 13.1. The largest absolute Gasteiger partial charge is 0.477 e. The predicted molar refractivity (Wildman–Crippen MR) is 73.3 cm³/mol. The molecular weight excluding hydrogens is 292 g/mol. The molecule has 1 fully saturated rings. The van der Waals surface area contributed by atoms with Crippen LogP contribution in [0.4, 0.5) is 0 Å². The van der Waals surface area contributed by atoms with Gasteiger partial charge < -0.3 is 5.11 Å². The molecule has 0 saturated carbocycles. The summed E-state index contributed by atoms with van der Waals surface area (Å²) in [4.78, 5) is 26.8. The van der Waals surface area contributed by atoms with Crippen LogP contribution in [0.3, 0.4) is 0 Å². The predicted octanol–water partition coefficient (Wildman–Crippen LogP) is 1.73. The number of thiazole rings is 1. The van der Waals surface area contributed by atoms with Gasteiger partial charge in [-0.1, -0.05) is 24.0 Å². The Balaban J connectivity index is 0.000000202. The van der Waals surface area contributed by atoms with Gasteiger partial charge in [-0.15, -0.1) is 11.3 Å². The van der Waals surface area contributed by atoms with E-state index in [1.165, 1.54) is 22.7 Å². The van der Waals surface area contributed by atoms with Gasteiger partial charge in [0.15, 0.2) is 0 Å². The third kappa shape index (κ3) is 2.77. The van der Waals surface area contributed by atoms with E-state index in [1.807, 2.05) is 5.38 Å². The number of aromatic nitrogens is 1. The average molecular weight is 300 g/mol. The highest BCUT2D eigenvalue weighted by Crippen LogP contribution is 2.38. The van der Waals surface area contributed by atoms with Crippen LogP contribution in [-0.4, -0.2) is 36.4 Å². The molecule has 2 aliphatic rings. The van der Waals surface area contributed by atoms with Crippen LogP contribution in [0.5, 0.6) is 0 Å². The minimum atomic E-state index is -1.10. The number of thioether (sulfide) groups is 1. The fourth-order valence-electron chi connectivity index (χ4n) is 1.46. The second-order valence-electron chi connectivity index (χ2n) is 3.37. The Labute approximate surface area is 117 Å². The lowest BCUT2D eigenvalue weighted by Crippen LogP contribution is -2.53. The summed E-state index contributed by atoms with van der Waals surface area (Å²) < 4.78 is 0.533. The van der Waals surface area contributed by atoms with Gasteiger partial charge in [0.05, 0.1) is 21.5 Å². The molecule has 3 rings (SSSR count). The van der Waals surface area contributed by atoms with Gasteiger partial charge in [0.2, 0.25) is 5.91 Å². The van der Waals surface area contributed by atoms with Crippen molar-refractivity contribution in [1.29, 1.82) is 0 Å². The summed E-state index contributed by atoms with van der Waals surface area (Å²) in [5, 5.41) is 10.6. The van der Waals surface area contributed by atoms with Gasteiger partial charge in [-0.05, 0) is 6.08 Å². The van der Waals surface area contributed by atoms with Crippen molar-refractivity contribution in [3.8, 4) is 0 Å². The molecule has 1 saturated heterocycles. The second-order valence-corrected chi connectivity index (χ2v) is 6.04. The minimum Gasteiger partial charge on any atom is -0.477 e. The lowest BCUT2D eigenvalue weighted by molar-refractivity contribution is -0.145. The van der Waals surface area contributed by atoms with Crippen molar-refractivity contribution in [2.75, 3.05) is 0 Å². The number of thiocarbonyl (C=S) groups is 1. The number of fused-ring (bicyclic) bond motifs is 1. The molecule has 0 bridgehead atoms. The lowest BCUT2D eigenvalue weighted by Gasteiger charge is -2.41. The third-order valence-corrected chi connectivity index (χ3v) is 4.17. The molecule has 1 amide bonds. The smallest absolute Gasteiger partial charge is 0.352 e. The van der Waals surface area contributed by atoms with Crippen LogP contribution < -0.4 is 0 Å². The molecule has 0 radical (unpaired) electrons. The number of β-lactam (4-membered cyclic amide) rings is 1. The van der Waals surface area contributed by atoms with Crippen molar-refractivity contribution < 1.29 is 14.7 Å². The lowest BCUT2D eigenvalue weighted by atomic mass is 10.1. The Kier molecular flexibility index (Phi) is 4.10. The molecule has 2 aliphatic heterocycles. The quantitative estimate of drug-likeness (QED) is 0.629. The second kappa shape index (κ2) is 5.59. The topological polar surface area (TPSA) is 70.5 Å². The first kappa shape index (κ1) is 13.2. The molecule has 0 aromatic carbocycles. The van der Waals surface area contributed by atoms with Gasteiger partial charge in [-0.2, -0.15) is 0 Å². The molecule has 1 aromatic rings. The fraction of sp³-hybridized carbons (Fsp3) is 0.200. The molecular formula is C10H8N2O3S3. The highest BCUT2D eigenvalue weighted by Gasteiger charge is 2.44. The van der Waals surface area contributed by atoms with Crippen LogP contribution in [-0.2, 0) is 9.59 Å². The van der Waals surface area contributed by atoms with Crippen LogP contribution in [0.25, 0.3) is 0 Å². The highest BCUT2D eigenvalue weighted by atomic mass is 32.2. The first-order valence-corrected chi connectivity index (χ1v) is 7.12. The Morgan fingerprint density at radius 1 is 1.61 bits per heavy atom. The molecule has 5 nitrogen and oxygen atoms in total. The summed E-state index contributed by atoms with van der Waals surface area (Å²) in [6.07, 6.45) is 3.51. The molecule has 0 aliphatic carbocycles. The molecule has 94 valence electrons. The monoisotopic (exact) mass is 300 g/mol. The zero-order valence-corrected chi connectivity index (χ0v) is 11.4. The van der Waals surface area contributed by atoms with E-state index in [9.17, 15) is 9.59 Å². The Hall–Kier alpha value is -1.25. The van der Waals surface area contributed by atoms with Crippen LogP contribution in [0.15, 0.2) is 28.9 Å². The van der Waals surface area contributed by atoms with Crippen molar-refractivity contribution in [3.63, 3.8) is 0 Å². The number of rotatable bonds is 1. The number of hydrogen-bond acceptors (Lipinski definition) is 6. The van der Waals surface area contributed by atoms with Gasteiger partial charge in [0.25, 0.3) is 0 Å². The van der Waals surface area contributed by atoms with Crippen LogP contribution in [0.2, 0.25) is 0 Å². The number of aliphatic carboxylic acids is 1. The molecule has 1 N–H and O–H groups in total. The molecule has 8 heteroatoms. The molecule has 3 heterocycles. The van der Waals surface area contributed by atoms with E-state index in [1.54, 1.807) is 23.0 Å². The Morgan fingerprint density at radius 2 is 2.39 bits per heavy atom. The standard InChI is InChI=1S/C7H5NO3S2.C3H3NS/c9-4-2-5-8(4)3(7(10)11)1-6(12)13-5;1-2-5-3-4-1/h1,5H,2H2,(H,10,11);1-3H/t5-;/m1./s1. The van der Waals surface area contributed by atoms with E-state index < -0.39 is 5.97 Å². The van der Waals surface area contributed by atoms with Crippen molar-refractivity contribution >= 4 is 51.4 Å². The maximum absolute atomic E-state index is 11.1. The number of hydrogen-bond donors (Lipinski definition) is 1. The first-order chi connectivity index (χ1) is 8.59. The Morgan fingerprint density at radius 3 is 2.83 bits per heavy atom. The third-order valence-electron chi connectivity index (χ3n) is 2.24. The molecule has 0 unspecified atom stereocenters. The van der Waals surface area contributed by atoms with E-state index in [0.717, 1.165) is 0 Å². The average Bonchev–Trinajstić information content (AvgIpc) is 2.85. The summed E-state index contributed by atoms with van der Waals surface area (Å²) in [5.74, 6) is -1.24. The summed E-state index contributed by atoms with van der Waals surface area (Å²) in [5.41, 5.74) is 1.80. The van der Waals surface area contributed by atoms with Crippen LogP contribution in [0, 0.1) is 0 Å². The number of carbonyl (C=O) groups is 2. The molecule has 1 atom stereocenters. The number of carboxylic acids is 1. The number of nitrogens with zero attached hydrogens (tertiary/aromatic N) is 2. The van der Waals surface area contributed by atoms with E-state index in [-0.39, 0.29) is 17.0 Å². The highest BCUT2D eigenvalue weighted by molar-refractivity contribution is 8.24. The van der Waals surface area contributed by atoms with Crippen molar-refractivity contribution in [1.82, 2.24) is 9.88 Å². The minimum absolute atomic E-state index is 0.00463. The summed E-state index contributed by atoms with van der Waals surface area (Å²) in [6, 6.07) is 0. The van der Waals surface area contributed by atoms with Crippen LogP contribution in [0.1, 0.15) is 6.42 Å². The maximum Gasteiger partial charge on any atom is 0.352 e. The van der Waals surface area contributed by atoms with Gasteiger partial charge >= 0.3 is 5.97 Å². The number of carboxylic acid groups (broad SMARTS) is 1. The number of carbonyl (C=O) groups excluding carboxylic acids is 1. The van der Waals surface area contributed by atoms with E-state index in [4.69, 9.17) is 17.3 Å². The van der Waals surface area contributed by atoms with Crippen molar-refractivity contribution in [2.24, 2.45) is 0 Å². The molecule has 1 aromatic heterocycles. The maximum atomic E-state index is 11.1. The van der Waals surface area contributed by atoms with Gasteiger partial charge in [0.1, 0.15) is 5.70 Å². The Bertz CT molecular complexity index is 495. The van der Waals surface area contributed by atoms with Gasteiger partial charge in [-0.3, -0.25) is 14.7 Å². The number of amides is 1. The molecule has 18 heavy (non-hydrogen) atoms. The summed E-state index contributed by atoms with van der Waals surface area (Å²) in [6.45, 7) is 0.